The van der Waals surface area contributed by atoms with E-state index in [1.54, 1.807) is 11.3 Å². The van der Waals surface area contributed by atoms with Crippen LogP contribution in [0.15, 0.2) is 23.8 Å². The zero-order valence-electron chi connectivity index (χ0n) is 13.1. The van der Waals surface area contributed by atoms with Crippen LogP contribution >= 0.6 is 23.7 Å². The van der Waals surface area contributed by atoms with Gasteiger partial charge in [-0.25, -0.2) is 9.97 Å². The van der Waals surface area contributed by atoms with Crippen LogP contribution in [0.1, 0.15) is 30.1 Å². The van der Waals surface area contributed by atoms with Crippen molar-refractivity contribution in [2.75, 3.05) is 17.6 Å². The van der Waals surface area contributed by atoms with Gasteiger partial charge in [0.15, 0.2) is 4.96 Å². The van der Waals surface area contributed by atoms with E-state index in [0.29, 0.717) is 17.9 Å². The third-order valence-electron chi connectivity index (χ3n) is 4.19. The standard InChI is InChI=1S/C15H19N7S.ClH/c16-10-5-9(6-10)12-7-13(21-14(17)20-12)18-2-1-11-8-22-3-4-23-15(22)19-11;/h3-4,7-10H,1-2,5-6,16H2,(H3,17,18,20,21);1H. The average molecular weight is 366 g/mol. The Kier molecular flexibility index (Phi) is 4.88. The number of hydrogen-bond acceptors (Lipinski definition) is 7. The normalized spacial score (nSPS) is 19.7. The number of halogens is 1. The largest absolute Gasteiger partial charge is 0.370 e. The van der Waals surface area contributed by atoms with Crippen LogP contribution in [0, 0.1) is 0 Å². The van der Waals surface area contributed by atoms with Gasteiger partial charge in [0.05, 0.1) is 11.4 Å². The molecule has 1 aliphatic carbocycles. The Hall–Kier alpha value is -1.90. The summed E-state index contributed by atoms with van der Waals surface area (Å²) in [6, 6.07) is 2.28. The van der Waals surface area contributed by atoms with Crippen molar-refractivity contribution in [3.63, 3.8) is 0 Å². The third-order valence-corrected chi connectivity index (χ3v) is 4.96. The number of imidazole rings is 1. The lowest BCUT2D eigenvalue weighted by Gasteiger charge is -2.32. The molecule has 3 heterocycles. The van der Waals surface area contributed by atoms with E-state index in [9.17, 15) is 0 Å². The lowest BCUT2D eigenvalue weighted by molar-refractivity contribution is 0.345. The van der Waals surface area contributed by atoms with Gasteiger partial charge in [-0.05, 0) is 12.8 Å². The van der Waals surface area contributed by atoms with Crippen molar-refractivity contribution in [2.24, 2.45) is 5.73 Å². The second kappa shape index (κ2) is 6.92. The third kappa shape index (κ3) is 3.45. The maximum atomic E-state index is 5.85. The van der Waals surface area contributed by atoms with Crippen LogP contribution in [0.2, 0.25) is 0 Å². The van der Waals surface area contributed by atoms with Gasteiger partial charge in [-0.3, -0.25) is 4.40 Å². The van der Waals surface area contributed by atoms with E-state index < -0.39 is 0 Å². The van der Waals surface area contributed by atoms with Crippen molar-refractivity contribution in [1.29, 1.82) is 0 Å². The van der Waals surface area contributed by atoms with E-state index in [0.717, 1.165) is 48.0 Å². The fourth-order valence-corrected chi connectivity index (χ4v) is 3.62. The first-order chi connectivity index (χ1) is 11.2. The van der Waals surface area contributed by atoms with Gasteiger partial charge in [0, 0.05) is 48.8 Å². The number of anilines is 2. The molecule has 0 bridgehead atoms. The molecule has 0 atom stereocenters. The molecular formula is C15H20ClN7S. The van der Waals surface area contributed by atoms with Crippen LogP contribution in [0.25, 0.3) is 4.96 Å². The highest BCUT2D eigenvalue weighted by Gasteiger charge is 2.29. The van der Waals surface area contributed by atoms with Gasteiger partial charge < -0.3 is 16.8 Å². The van der Waals surface area contributed by atoms with E-state index >= 15 is 0 Å². The summed E-state index contributed by atoms with van der Waals surface area (Å²) < 4.78 is 2.04. The van der Waals surface area contributed by atoms with Crippen molar-refractivity contribution < 1.29 is 0 Å². The molecule has 0 aliphatic heterocycles. The molecule has 1 saturated carbocycles. The number of fused-ring (bicyclic) bond motifs is 1. The molecule has 1 fully saturated rings. The molecule has 3 aromatic rings. The summed E-state index contributed by atoms with van der Waals surface area (Å²) >= 11 is 1.64. The molecule has 4 rings (SSSR count). The molecule has 0 unspecified atom stereocenters. The van der Waals surface area contributed by atoms with Gasteiger partial charge in [-0.2, -0.15) is 4.98 Å². The Labute approximate surface area is 149 Å². The first-order valence-corrected chi connectivity index (χ1v) is 8.60. The molecule has 24 heavy (non-hydrogen) atoms. The Bertz CT molecular complexity index is 796. The molecule has 0 spiro atoms. The van der Waals surface area contributed by atoms with Crippen LogP contribution in [0.3, 0.4) is 0 Å². The molecule has 0 aromatic carbocycles. The molecule has 0 radical (unpaired) electrons. The van der Waals surface area contributed by atoms with E-state index in [-0.39, 0.29) is 12.4 Å². The van der Waals surface area contributed by atoms with Crippen LogP contribution in [-0.2, 0) is 6.42 Å². The fourth-order valence-electron chi connectivity index (χ4n) is 2.90. The molecule has 3 aromatic heterocycles. The molecule has 5 N–H and O–H groups in total. The van der Waals surface area contributed by atoms with Crippen LogP contribution in [0.5, 0.6) is 0 Å². The minimum Gasteiger partial charge on any atom is -0.370 e. The first kappa shape index (κ1) is 16.9. The molecule has 9 heteroatoms. The Balaban J connectivity index is 0.00000169. The van der Waals surface area contributed by atoms with Gasteiger partial charge in [0.2, 0.25) is 5.95 Å². The summed E-state index contributed by atoms with van der Waals surface area (Å²) in [7, 11) is 0. The average Bonchev–Trinajstić information content (AvgIpc) is 3.04. The highest BCUT2D eigenvalue weighted by Crippen LogP contribution is 2.35. The Morgan fingerprint density at radius 1 is 1.29 bits per heavy atom. The molecule has 0 saturated heterocycles. The van der Waals surface area contributed by atoms with Crippen molar-refractivity contribution >= 4 is 40.5 Å². The first-order valence-electron chi connectivity index (χ1n) is 7.72. The Morgan fingerprint density at radius 3 is 2.88 bits per heavy atom. The minimum absolute atomic E-state index is 0. The van der Waals surface area contributed by atoms with Gasteiger partial charge in [0.1, 0.15) is 5.82 Å². The van der Waals surface area contributed by atoms with E-state index in [4.69, 9.17) is 11.5 Å². The monoisotopic (exact) mass is 365 g/mol. The van der Waals surface area contributed by atoms with Crippen molar-refractivity contribution in [3.8, 4) is 0 Å². The van der Waals surface area contributed by atoms with E-state index in [1.165, 1.54) is 0 Å². The van der Waals surface area contributed by atoms with Crippen LogP contribution in [0.4, 0.5) is 11.8 Å². The van der Waals surface area contributed by atoms with Gasteiger partial charge in [-0.1, -0.05) is 0 Å². The number of nitrogens with zero attached hydrogens (tertiary/aromatic N) is 4. The highest BCUT2D eigenvalue weighted by molar-refractivity contribution is 7.15. The maximum Gasteiger partial charge on any atom is 0.222 e. The smallest absolute Gasteiger partial charge is 0.222 e. The summed E-state index contributed by atoms with van der Waals surface area (Å²) in [5.74, 6) is 1.50. The van der Waals surface area contributed by atoms with Gasteiger partial charge in [0.25, 0.3) is 0 Å². The number of thiazole rings is 1. The van der Waals surface area contributed by atoms with Crippen molar-refractivity contribution in [3.05, 3.63) is 35.2 Å². The number of nitrogens with two attached hydrogens (primary N) is 2. The molecule has 1 aliphatic rings. The van der Waals surface area contributed by atoms with Crippen LogP contribution < -0.4 is 16.8 Å². The minimum atomic E-state index is 0. The lowest BCUT2D eigenvalue weighted by Crippen LogP contribution is -2.35. The summed E-state index contributed by atoms with van der Waals surface area (Å²) in [5.41, 5.74) is 13.7. The quantitative estimate of drug-likeness (QED) is 0.638. The van der Waals surface area contributed by atoms with E-state index in [2.05, 4.69) is 26.5 Å². The van der Waals surface area contributed by atoms with Gasteiger partial charge in [-0.15, -0.1) is 23.7 Å². The van der Waals surface area contributed by atoms with E-state index in [1.807, 2.05) is 22.0 Å². The number of hydrogen-bond donors (Lipinski definition) is 3. The lowest BCUT2D eigenvalue weighted by atomic mass is 9.78. The highest BCUT2D eigenvalue weighted by atomic mass is 35.5. The van der Waals surface area contributed by atoms with Gasteiger partial charge >= 0.3 is 0 Å². The summed E-state index contributed by atoms with van der Waals surface area (Å²) in [4.78, 5) is 14.2. The zero-order chi connectivity index (χ0) is 15.8. The second-order valence-electron chi connectivity index (χ2n) is 5.97. The predicted molar refractivity (Wildman–Crippen MR) is 98.9 cm³/mol. The molecule has 7 nitrogen and oxygen atoms in total. The maximum absolute atomic E-state index is 5.85. The zero-order valence-corrected chi connectivity index (χ0v) is 14.7. The Morgan fingerprint density at radius 2 is 2.12 bits per heavy atom. The number of aromatic nitrogens is 4. The van der Waals surface area contributed by atoms with Crippen molar-refractivity contribution in [2.45, 2.75) is 31.2 Å². The van der Waals surface area contributed by atoms with Crippen molar-refractivity contribution in [1.82, 2.24) is 19.4 Å². The molecule has 128 valence electrons. The second-order valence-corrected chi connectivity index (χ2v) is 6.84. The summed E-state index contributed by atoms with van der Waals surface area (Å²) in [5, 5.41) is 5.35. The molecule has 0 amide bonds. The number of nitrogens with one attached hydrogen (secondary N) is 1. The molecular weight excluding hydrogens is 346 g/mol. The predicted octanol–water partition coefficient (Wildman–Crippen LogP) is 2.05. The topological polar surface area (TPSA) is 107 Å². The summed E-state index contributed by atoms with van der Waals surface area (Å²) in [6.07, 6.45) is 6.86. The summed E-state index contributed by atoms with van der Waals surface area (Å²) in [6.45, 7) is 0.755. The van der Waals surface area contributed by atoms with Crippen LogP contribution in [-0.4, -0.2) is 31.9 Å². The SMILES string of the molecule is Cl.Nc1nc(NCCc2cn3ccsc3n2)cc(C2CC(N)C2)n1. The number of rotatable bonds is 5. The number of nitrogen functional groups attached to an aromatic ring is 1. The fraction of sp³-hybridized carbons (Fsp3) is 0.400.